The number of carbonyl (C=O) groups excluding carboxylic acids is 4. The van der Waals surface area contributed by atoms with Crippen LogP contribution in [0.4, 0.5) is 4.79 Å². The van der Waals surface area contributed by atoms with Gasteiger partial charge in [-0.15, -0.1) is 0 Å². The zero-order chi connectivity index (χ0) is 19.5. The highest BCUT2D eigenvalue weighted by atomic mass is 16.5. The zero-order valence-electron chi connectivity index (χ0n) is 15.3. The largest absolute Gasteiger partial charge is 0.496 e. The van der Waals surface area contributed by atoms with Crippen molar-refractivity contribution in [2.45, 2.75) is 39.3 Å². The molecule has 1 aromatic rings. The van der Waals surface area contributed by atoms with Crippen molar-refractivity contribution in [2.75, 3.05) is 13.7 Å². The van der Waals surface area contributed by atoms with Crippen LogP contribution < -0.4 is 10.1 Å². The molecule has 0 aliphatic carbocycles. The Labute approximate surface area is 151 Å². The first kappa shape index (κ1) is 19.4. The molecule has 1 aliphatic rings. The van der Waals surface area contributed by atoms with Crippen LogP contribution in [0.1, 0.15) is 43.1 Å². The van der Waals surface area contributed by atoms with E-state index in [2.05, 4.69) is 5.32 Å². The second-order valence-corrected chi connectivity index (χ2v) is 6.25. The number of rotatable bonds is 7. The number of carbonyl (C=O) groups is 4. The lowest BCUT2D eigenvalue weighted by Gasteiger charge is -2.19. The zero-order valence-corrected chi connectivity index (χ0v) is 15.3. The lowest BCUT2D eigenvalue weighted by atomic mass is 9.99. The van der Waals surface area contributed by atoms with Gasteiger partial charge in [-0.25, -0.2) is 4.79 Å². The number of hydrogen-bond acceptors (Lipinski definition) is 6. The van der Waals surface area contributed by atoms with Crippen molar-refractivity contribution < 1.29 is 28.7 Å². The third kappa shape index (κ3) is 3.84. The molecule has 1 atom stereocenters. The van der Waals surface area contributed by atoms with E-state index >= 15 is 0 Å². The summed E-state index contributed by atoms with van der Waals surface area (Å²) in [5.41, 5.74) is -0.0232. The van der Waals surface area contributed by atoms with Crippen LogP contribution in [-0.2, 0) is 20.9 Å². The van der Waals surface area contributed by atoms with Gasteiger partial charge in [0.25, 0.3) is 5.91 Å². The van der Waals surface area contributed by atoms with Gasteiger partial charge in [-0.1, -0.05) is 6.92 Å². The molecule has 1 aliphatic heterocycles. The van der Waals surface area contributed by atoms with E-state index in [9.17, 15) is 19.2 Å². The summed E-state index contributed by atoms with van der Waals surface area (Å²) in [4.78, 5) is 48.6. The molecular weight excluding hydrogens is 340 g/mol. The molecule has 1 fully saturated rings. The number of nitrogens with zero attached hydrogens (tertiary/aromatic N) is 1. The summed E-state index contributed by atoms with van der Waals surface area (Å²) in [6.07, 6.45) is 0.415. The molecule has 0 bridgehead atoms. The molecule has 0 spiro atoms. The molecule has 8 heteroatoms. The fourth-order valence-corrected chi connectivity index (χ4v) is 2.57. The van der Waals surface area contributed by atoms with E-state index in [1.807, 2.05) is 0 Å². The smallest absolute Gasteiger partial charge is 0.326 e. The number of benzene rings is 1. The Morgan fingerprint density at radius 2 is 1.96 bits per heavy atom. The topological polar surface area (TPSA) is 102 Å². The van der Waals surface area contributed by atoms with Crippen molar-refractivity contribution in [3.05, 3.63) is 29.3 Å². The Balaban J connectivity index is 2.03. The average molecular weight is 362 g/mol. The van der Waals surface area contributed by atoms with Crippen LogP contribution in [0.25, 0.3) is 0 Å². The molecule has 0 radical (unpaired) electrons. The second kappa shape index (κ2) is 7.55. The fraction of sp³-hybridized carbons (Fsp3) is 0.444. The van der Waals surface area contributed by atoms with Crippen LogP contribution in [-0.4, -0.2) is 47.8 Å². The summed E-state index contributed by atoms with van der Waals surface area (Å²) in [6.45, 7) is 4.19. The maximum absolute atomic E-state index is 12.3. The van der Waals surface area contributed by atoms with Gasteiger partial charge >= 0.3 is 12.0 Å². The van der Waals surface area contributed by atoms with Crippen molar-refractivity contribution >= 4 is 23.7 Å². The quantitative estimate of drug-likeness (QED) is 0.450. The van der Waals surface area contributed by atoms with Crippen molar-refractivity contribution in [3.8, 4) is 5.75 Å². The van der Waals surface area contributed by atoms with Crippen LogP contribution in [0.2, 0.25) is 0 Å². The first-order chi connectivity index (χ1) is 12.2. The molecule has 2 rings (SSSR count). The normalized spacial score (nSPS) is 19.3. The molecule has 0 unspecified atom stereocenters. The number of ketones is 1. The Kier molecular flexibility index (Phi) is 5.64. The van der Waals surface area contributed by atoms with Gasteiger partial charge in [0.15, 0.2) is 5.78 Å². The Morgan fingerprint density at radius 3 is 2.50 bits per heavy atom. The van der Waals surface area contributed by atoms with Crippen molar-refractivity contribution in [3.63, 3.8) is 0 Å². The van der Waals surface area contributed by atoms with Gasteiger partial charge in [0.2, 0.25) is 0 Å². The molecule has 8 nitrogen and oxygen atoms in total. The number of ether oxygens (including phenoxy) is 2. The first-order valence-corrected chi connectivity index (χ1v) is 8.19. The number of imide groups is 1. The third-order valence-corrected chi connectivity index (χ3v) is 4.42. The number of esters is 1. The minimum atomic E-state index is -1.00. The minimum absolute atomic E-state index is 0.126. The second-order valence-electron chi connectivity index (χ2n) is 6.25. The molecule has 0 aromatic heterocycles. The molecule has 140 valence electrons. The van der Waals surface area contributed by atoms with Gasteiger partial charge < -0.3 is 14.8 Å². The fourth-order valence-electron chi connectivity index (χ4n) is 2.57. The van der Waals surface area contributed by atoms with E-state index in [4.69, 9.17) is 9.47 Å². The highest BCUT2D eigenvalue weighted by Crippen LogP contribution is 2.22. The summed E-state index contributed by atoms with van der Waals surface area (Å²) >= 11 is 0. The number of hydrogen-bond donors (Lipinski definition) is 1. The van der Waals surface area contributed by atoms with E-state index in [1.165, 1.54) is 14.0 Å². The third-order valence-electron chi connectivity index (χ3n) is 4.42. The molecule has 1 saturated heterocycles. The first-order valence-electron chi connectivity index (χ1n) is 8.19. The summed E-state index contributed by atoms with van der Waals surface area (Å²) in [7, 11) is 1.47. The van der Waals surface area contributed by atoms with Gasteiger partial charge in [-0.05, 0) is 38.5 Å². The summed E-state index contributed by atoms with van der Waals surface area (Å²) in [5, 5.41) is 2.57. The van der Waals surface area contributed by atoms with E-state index in [0.29, 0.717) is 23.3 Å². The highest BCUT2D eigenvalue weighted by Gasteiger charge is 2.47. The van der Waals surface area contributed by atoms with Crippen LogP contribution in [0, 0.1) is 0 Å². The molecule has 26 heavy (non-hydrogen) atoms. The van der Waals surface area contributed by atoms with E-state index < -0.39 is 30.0 Å². The standard InChI is InChI=1S/C18H22N2O6/c1-5-18(3)16(23)20(17(24)19-18)9-15(22)26-10-13-8-12(11(2)21)6-7-14(13)25-4/h6-8H,5,9-10H2,1-4H3,(H,19,24)/t18-/m0/s1. The van der Waals surface area contributed by atoms with Gasteiger partial charge in [0.05, 0.1) is 7.11 Å². The lowest BCUT2D eigenvalue weighted by molar-refractivity contribution is -0.148. The van der Waals surface area contributed by atoms with Crippen LogP contribution in [0.15, 0.2) is 18.2 Å². The van der Waals surface area contributed by atoms with Crippen molar-refractivity contribution in [1.82, 2.24) is 10.2 Å². The number of nitrogens with one attached hydrogen (secondary N) is 1. The summed E-state index contributed by atoms with van der Waals surface area (Å²) < 4.78 is 10.4. The SMILES string of the molecule is CC[C@]1(C)NC(=O)N(CC(=O)OCc2cc(C(C)=O)ccc2OC)C1=O. The predicted molar refractivity (Wildman–Crippen MR) is 91.7 cm³/mol. The van der Waals surface area contributed by atoms with Crippen molar-refractivity contribution in [2.24, 2.45) is 0 Å². The lowest BCUT2D eigenvalue weighted by Crippen LogP contribution is -2.43. The number of Topliss-reactive ketones (excluding diaryl/α,β-unsaturated/α-hetero) is 1. The van der Waals surface area contributed by atoms with Gasteiger partial charge in [-0.3, -0.25) is 19.3 Å². The summed E-state index contributed by atoms with van der Waals surface area (Å²) in [5.74, 6) is -0.850. The minimum Gasteiger partial charge on any atom is -0.496 e. The Bertz CT molecular complexity index is 760. The van der Waals surface area contributed by atoms with E-state index in [0.717, 1.165) is 4.90 Å². The maximum atomic E-state index is 12.3. The number of urea groups is 1. The molecule has 3 amide bonds. The van der Waals surface area contributed by atoms with Crippen LogP contribution in [0.3, 0.4) is 0 Å². The molecule has 0 saturated carbocycles. The maximum Gasteiger partial charge on any atom is 0.326 e. The van der Waals surface area contributed by atoms with Gasteiger partial charge in [0, 0.05) is 11.1 Å². The molecule has 1 aromatic carbocycles. The highest BCUT2D eigenvalue weighted by molar-refractivity contribution is 6.08. The number of amides is 3. The monoisotopic (exact) mass is 362 g/mol. The van der Waals surface area contributed by atoms with E-state index in [1.54, 1.807) is 32.0 Å². The molecular formula is C18H22N2O6. The average Bonchev–Trinajstić information content (AvgIpc) is 2.83. The Morgan fingerprint density at radius 1 is 1.27 bits per heavy atom. The molecule has 1 N–H and O–H groups in total. The Hall–Kier alpha value is -2.90. The van der Waals surface area contributed by atoms with Crippen LogP contribution >= 0.6 is 0 Å². The van der Waals surface area contributed by atoms with Crippen LogP contribution in [0.5, 0.6) is 5.75 Å². The predicted octanol–water partition coefficient (Wildman–Crippen LogP) is 1.66. The van der Waals surface area contributed by atoms with Gasteiger partial charge in [-0.2, -0.15) is 0 Å². The molecule has 1 heterocycles. The number of methoxy groups -OCH3 is 1. The van der Waals surface area contributed by atoms with Gasteiger partial charge in [0.1, 0.15) is 24.4 Å². The summed E-state index contributed by atoms with van der Waals surface area (Å²) in [6, 6.07) is 4.19. The van der Waals surface area contributed by atoms with E-state index in [-0.39, 0.29) is 12.4 Å². The van der Waals surface area contributed by atoms with Crippen molar-refractivity contribution in [1.29, 1.82) is 0 Å².